The van der Waals surface area contributed by atoms with Gasteiger partial charge in [-0.1, -0.05) is 0 Å². The van der Waals surface area contributed by atoms with Crippen LogP contribution >= 0.6 is 0 Å². The number of piperazine rings is 1. The highest BCUT2D eigenvalue weighted by molar-refractivity contribution is 5.88. The predicted octanol–water partition coefficient (Wildman–Crippen LogP) is 1.77. The molecule has 1 aromatic carbocycles. The summed E-state index contributed by atoms with van der Waals surface area (Å²) in [5.74, 6) is 1.27. The second kappa shape index (κ2) is 7.81. The molecule has 2 N–H and O–H groups in total. The van der Waals surface area contributed by atoms with Crippen LogP contribution in [0.1, 0.15) is 12.6 Å². The number of rotatable bonds is 5. The first-order valence-corrected chi connectivity index (χ1v) is 8.48. The molecule has 1 aliphatic rings. The smallest absolute Gasteiger partial charge is 0.227 e. The molecule has 0 aliphatic carbocycles. The van der Waals surface area contributed by atoms with Crippen molar-refractivity contribution < 1.29 is 9.59 Å². The summed E-state index contributed by atoms with van der Waals surface area (Å²) < 4.78 is 0. The van der Waals surface area contributed by atoms with Crippen molar-refractivity contribution in [2.45, 2.75) is 13.8 Å². The molecule has 0 atom stereocenters. The van der Waals surface area contributed by atoms with Crippen LogP contribution in [0.3, 0.4) is 0 Å². The number of aromatic nitrogens is 2. The number of amides is 2. The molecule has 0 bridgehead atoms. The van der Waals surface area contributed by atoms with Crippen molar-refractivity contribution in [3.63, 3.8) is 0 Å². The molecule has 1 aliphatic heterocycles. The zero-order valence-corrected chi connectivity index (χ0v) is 14.9. The van der Waals surface area contributed by atoms with E-state index in [0.29, 0.717) is 37.9 Å². The third-order valence-electron chi connectivity index (χ3n) is 4.07. The number of hydrogen-bond acceptors (Lipinski definition) is 6. The van der Waals surface area contributed by atoms with E-state index in [1.807, 2.05) is 37.3 Å². The first-order valence-electron chi connectivity index (χ1n) is 8.48. The van der Waals surface area contributed by atoms with E-state index in [-0.39, 0.29) is 5.91 Å². The number of carbonyl (C=O) groups excluding carboxylic acids is 2. The molecular formula is C18H22N6O2. The molecule has 1 fully saturated rings. The van der Waals surface area contributed by atoms with Gasteiger partial charge in [-0.3, -0.25) is 9.59 Å². The third kappa shape index (κ3) is 4.47. The van der Waals surface area contributed by atoms with Crippen LogP contribution in [-0.2, 0) is 9.59 Å². The van der Waals surface area contributed by atoms with Gasteiger partial charge in [0.15, 0.2) is 0 Å². The van der Waals surface area contributed by atoms with E-state index >= 15 is 0 Å². The minimum Gasteiger partial charge on any atom is -0.342 e. The van der Waals surface area contributed by atoms with E-state index in [1.165, 1.54) is 6.92 Å². The van der Waals surface area contributed by atoms with Crippen molar-refractivity contribution in [2.24, 2.45) is 0 Å². The summed E-state index contributed by atoms with van der Waals surface area (Å²) >= 11 is 0. The highest BCUT2D eigenvalue weighted by Gasteiger charge is 2.18. The third-order valence-corrected chi connectivity index (χ3v) is 4.07. The number of benzene rings is 1. The maximum absolute atomic E-state index is 11.1. The van der Waals surface area contributed by atoms with Gasteiger partial charge in [0, 0.05) is 56.2 Å². The molecule has 0 spiro atoms. The number of nitrogens with one attached hydrogen (secondary N) is 2. The molecule has 2 aromatic rings. The van der Waals surface area contributed by atoms with Gasteiger partial charge < -0.3 is 20.4 Å². The van der Waals surface area contributed by atoms with E-state index < -0.39 is 0 Å². The van der Waals surface area contributed by atoms with Gasteiger partial charge in [0.1, 0.15) is 5.82 Å². The molecule has 8 heteroatoms. The van der Waals surface area contributed by atoms with Crippen LogP contribution in [0, 0.1) is 6.92 Å². The lowest BCUT2D eigenvalue weighted by molar-refractivity contribution is -0.118. The van der Waals surface area contributed by atoms with Gasteiger partial charge in [0.25, 0.3) is 0 Å². The summed E-state index contributed by atoms with van der Waals surface area (Å²) in [6.45, 7) is 6.19. The van der Waals surface area contributed by atoms with Crippen LogP contribution in [-0.4, -0.2) is 53.4 Å². The van der Waals surface area contributed by atoms with E-state index in [9.17, 15) is 9.59 Å². The number of anilines is 4. The minimum atomic E-state index is -0.101. The molecule has 136 valence electrons. The summed E-state index contributed by atoms with van der Waals surface area (Å²) in [6, 6.07) is 9.30. The molecule has 1 aromatic heterocycles. The van der Waals surface area contributed by atoms with Crippen LogP contribution < -0.4 is 15.5 Å². The Morgan fingerprint density at radius 3 is 2.35 bits per heavy atom. The molecule has 0 saturated carbocycles. The van der Waals surface area contributed by atoms with Gasteiger partial charge in [-0.15, -0.1) is 0 Å². The Bertz CT molecular complexity index is 785. The highest BCUT2D eigenvalue weighted by Crippen LogP contribution is 2.21. The molecule has 8 nitrogen and oxygen atoms in total. The number of aryl methyl sites for hydroxylation is 1. The van der Waals surface area contributed by atoms with Gasteiger partial charge in [0.2, 0.25) is 18.3 Å². The van der Waals surface area contributed by atoms with E-state index in [2.05, 4.69) is 25.5 Å². The first kappa shape index (κ1) is 17.7. The summed E-state index contributed by atoms with van der Waals surface area (Å²) in [6.07, 6.45) is 0.881. The minimum absolute atomic E-state index is 0.101. The SMILES string of the molecule is CC(=O)Nc1ccc(Nc2cc(C)nc(N3CCN(C=O)CC3)n2)cc1. The van der Waals surface area contributed by atoms with Crippen molar-refractivity contribution in [3.05, 3.63) is 36.0 Å². The quantitative estimate of drug-likeness (QED) is 0.795. The van der Waals surface area contributed by atoms with Gasteiger partial charge in [-0.2, -0.15) is 4.98 Å². The Morgan fingerprint density at radius 2 is 1.73 bits per heavy atom. The van der Waals surface area contributed by atoms with Gasteiger partial charge in [0.05, 0.1) is 0 Å². The Labute approximate surface area is 152 Å². The topological polar surface area (TPSA) is 90.5 Å². The molecule has 0 radical (unpaired) electrons. The zero-order valence-electron chi connectivity index (χ0n) is 14.9. The largest absolute Gasteiger partial charge is 0.342 e. The second-order valence-electron chi connectivity index (χ2n) is 6.21. The van der Waals surface area contributed by atoms with Crippen LogP contribution in [0.15, 0.2) is 30.3 Å². The maximum atomic E-state index is 11.1. The van der Waals surface area contributed by atoms with Crippen molar-refractivity contribution in [2.75, 3.05) is 41.7 Å². The fourth-order valence-electron chi connectivity index (χ4n) is 2.77. The number of nitrogens with zero attached hydrogens (tertiary/aromatic N) is 4. The van der Waals surface area contributed by atoms with Gasteiger partial charge in [-0.05, 0) is 31.2 Å². The Hall–Kier alpha value is -3.16. The molecule has 2 heterocycles. The van der Waals surface area contributed by atoms with Gasteiger partial charge >= 0.3 is 0 Å². The van der Waals surface area contributed by atoms with E-state index in [4.69, 9.17) is 0 Å². The molecule has 1 saturated heterocycles. The average molecular weight is 354 g/mol. The van der Waals surface area contributed by atoms with Crippen LogP contribution in [0.2, 0.25) is 0 Å². The van der Waals surface area contributed by atoms with Crippen molar-refractivity contribution in [1.29, 1.82) is 0 Å². The average Bonchev–Trinajstić information content (AvgIpc) is 2.62. The number of carbonyl (C=O) groups is 2. The van der Waals surface area contributed by atoms with Crippen LogP contribution in [0.5, 0.6) is 0 Å². The highest BCUT2D eigenvalue weighted by atomic mass is 16.1. The fraction of sp³-hybridized carbons (Fsp3) is 0.333. The Kier molecular flexibility index (Phi) is 5.31. The Morgan fingerprint density at radius 1 is 1.08 bits per heavy atom. The monoisotopic (exact) mass is 354 g/mol. The van der Waals surface area contributed by atoms with Crippen LogP contribution in [0.4, 0.5) is 23.1 Å². The van der Waals surface area contributed by atoms with E-state index in [0.717, 1.165) is 23.5 Å². The molecular weight excluding hydrogens is 332 g/mol. The lowest BCUT2D eigenvalue weighted by atomic mass is 10.2. The molecule has 26 heavy (non-hydrogen) atoms. The van der Waals surface area contributed by atoms with Crippen molar-refractivity contribution >= 4 is 35.5 Å². The lowest BCUT2D eigenvalue weighted by Gasteiger charge is -2.32. The summed E-state index contributed by atoms with van der Waals surface area (Å²) in [4.78, 5) is 34.9. The molecule has 3 rings (SSSR count). The zero-order chi connectivity index (χ0) is 18.5. The van der Waals surface area contributed by atoms with E-state index in [1.54, 1.807) is 4.90 Å². The standard InChI is InChI=1S/C18H22N6O2/c1-13-11-17(21-16-5-3-15(4-6-16)20-14(2)26)22-18(19-13)24-9-7-23(12-25)8-10-24/h3-6,11-12H,7-10H2,1-2H3,(H,20,26)(H,19,21,22). The van der Waals surface area contributed by atoms with Crippen LogP contribution in [0.25, 0.3) is 0 Å². The first-order chi connectivity index (χ1) is 12.5. The van der Waals surface area contributed by atoms with Gasteiger partial charge in [-0.25, -0.2) is 4.98 Å². The summed E-state index contributed by atoms with van der Waals surface area (Å²) in [5.41, 5.74) is 2.48. The predicted molar refractivity (Wildman–Crippen MR) is 101 cm³/mol. The molecule has 0 unspecified atom stereocenters. The fourth-order valence-corrected chi connectivity index (χ4v) is 2.77. The maximum Gasteiger partial charge on any atom is 0.227 e. The molecule has 2 amide bonds. The second-order valence-corrected chi connectivity index (χ2v) is 6.21. The summed E-state index contributed by atoms with van der Waals surface area (Å²) in [7, 11) is 0. The normalized spacial score (nSPS) is 14.1. The van der Waals surface area contributed by atoms with Crippen molar-refractivity contribution in [1.82, 2.24) is 14.9 Å². The van der Waals surface area contributed by atoms with Crippen molar-refractivity contribution in [3.8, 4) is 0 Å². The lowest BCUT2D eigenvalue weighted by Crippen LogP contribution is -2.46. The number of hydrogen-bond donors (Lipinski definition) is 2. The Balaban J connectivity index is 1.71. The summed E-state index contributed by atoms with van der Waals surface area (Å²) in [5, 5.41) is 6.01.